The van der Waals surface area contributed by atoms with Crippen LogP contribution in [0.3, 0.4) is 0 Å². The Hall–Kier alpha value is -2.47. The van der Waals surface area contributed by atoms with Crippen LogP contribution in [0.15, 0.2) is 45.9 Å². The number of benzene rings is 1. The minimum Gasteiger partial charge on any atom is -0.449 e. The molecule has 1 saturated heterocycles. The molecule has 1 aromatic carbocycles. The molecule has 1 N–H and O–H groups in total. The first-order chi connectivity index (χ1) is 11.7. The van der Waals surface area contributed by atoms with Crippen molar-refractivity contribution in [2.24, 2.45) is 0 Å². The summed E-state index contributed by atoms with van der Waals surface area (Å²) in [4.78, 5) is 26.5. The Morgan fingerprint density at radius 1 is 1.29 bits per heavy atom. The van der Waals surface area contributed by atoms with Gasteiger partial charge in [0.25, 0.3) is 5.56 Å². The first-order valence-electron chi connectivity index (χ1n) is 8.35. The molecule has 0 amide bonds. The average molecular weight is 324 g/mol. The van der Waals surface area contributed by atoms with E-state index in [1.165, 1.54) is 0 Å². The molecule has 0 spiro atoms. The maximum atomic E-state index is 12.3. The van der Waals surface area contributed by atoms with Gasteiger partial charge in [0.05, 0.1) is 23.1 Å². The molecule has 1 atom stereocenters. The summed E-state index contributed by atoms with van der Waals surface area (Å²) in [6.07, 6.45) is 5.34. The van der Waals surface area contributed by atoms with E-state index >= 15 is 0 Å². The molecule has 6 nitrogen and oxygen atoms in total. The van der Waals surface area contributed by atoms with Crippen molar-refractivity contribution < 1.29 is 4.42 Å². The molecular formula is C18H20N4O2. The highest BCUT2D eigenvalue weighted by molar-refractivity contribution is 5.77. The van der Waals surface area contributed by atoms with Crippen molar-refractivity contribution in [3.63, 3.8) is 0 Å². The van der Waals surface area contributed by atoms with Crippen molar-refractivity contribution in [3.8, 4) is 0 Å². The van der Waals surface area contributed by atoms with Gasteiger partial charge in [0.15, 0.2) is 5.89 Å². The predicted octanol–water partition coefficient (Wildman–Crippen LogP) is 2.85. The van der Waals surface area contributed by atoms with Gasteiger partial charge in [0.2, 0.25) is 0 Å². The maximum absolute atomic E-state index is 12.3. The highest BCUT2D eigenvalue weighted by atomic mass is 16.3. The number of fused-ring (bicyclic) bond motifs is 1. The van der Waals surface area contributed by atoms with E-state index in [0.29, 0.717) is 11.3 Å². The number of aromatic amines is 1. The summed E-state index contributed by atoms with van der Waals surface area (Å²) < 4.78 is 5.43. The first-order valence-corrected chi connectivity index (χ1v) is 8.35. The summed E-state index contributed by atoms with van der Waals surface area (Å²) in [5.74, 6) is 1.94. The molecule has 3 heterocycles. The first kappa shape index (κ1) is 15.1. The summed E-state index contributed by atoms with van der Waals surface area (Å²) in [5.41, 5.74) is 0.676. The van der Waals surface area contributed by atoms with Gasteiger partial charge in [-0.2, -0.15) is 0 Å². The number of piperidine rings is 1. The van der Waals surface area contributed by atoms with Crippen LogP contribution >= 0.6 is 0 Å². The third kappa shape index (κ3) is 2.73. The van der Waals surface area contributed by atoms with Gasteiger partial charge in [-0.1, -0.05) is 12.1 Å². The Bertz CT molecular complexity index is 879. The topological polar surface area (TPSA) is 75.0 Å². The number of hydrogen-bond acceptors (Lipinski definition) is 5. The maximum Gasteiger partial charge on any atom is 0.258 e. The zero-order valence-corrected chi connectivity index (χ0v) is 13.6. The van der Waals surface area contributed by atoms with Crippen LogP contribution in [0.25, 0.3) is 10.9 Å². The Morgan fingerprint density at radius 3 is 2.83 bits per heavy atom. The van der Waals surface area contributed by atoms with Crippen LogP contribution in [-0.4, -0.2) is 32.9 Å². The normalized spacial score (nSPS) is 18.0. The fraction of sp³-hybridized carbons (Fsp3) is 0.389. The Morgan fingerprint density at radius 2 is 2.08 bits per heavy atom. The number of rotatable bonds is 3. The molecule has 0 radical (unpaired) electrons. The van der Waals surface area contributed by atoms with Crippen molar-refractivity contribution in [1.29, 1.82) is 0 Å². The Labute approximate surface area is 139 Å². The number of H-pyrrole nitrogens is 1. The van der Waals surface area contributed by atoms with E-state index in [4.69, 9.17) is 4.42 Å². The van der Waals surface area contributed by atoms with Crippen LogP contribution in [0.1, 0.15) is 43.4 Å². The molecule has 1 fully saturated rings. The summed E-state index contributed by atoms with van der Waals surface area (Å²) in [6, 6.07) is 7.53. The molecule has 0 unspecified atom stereocenters. The third-order valence-electron chi connectivity index (χ3n) is 4.90. The highest BCUT2D eigenvalue weighted by Gasteiger charge is 2.27. The van der Waals surface area contributed by atoms with E-state index in [-0.39, 0.29) is 11.6 Å². The number of oxazole rings is 1. The molecule has 0 bridgehead atoms. The van der Waals surface area contributed by atoms with E-state index in [0.717, 1.165) is 43.2 Å². The molecule has 3 aromatic rings. The second-order valence-corrected chi connectivity index (χ2v) is 6.32. The van der Waals surface area contributed by atoms with E-state index in [2.05, 4.69) is 26.8 Å². The molecule has 1 aliphatic rings. The second kappa shape index (κ2) is 6.20. The molecular weight excluding hydrogens is 304 g/mol. The van der Waals surface area contributed by atoms with Gasteiger partial charge in [-0.25, -0.2) is 9.97 Å². The molecule has 0 aliphatic carbocycles. The minimum atomic E-state index is -0.0721. The van der Waals surface area contributed by atoms with Crippen molar-refractivity contribution in [1.82, 2.24) is 19.9 Å². The highest BCUT2D eigenvalue weighted by Crippen LogP contribution is 2.30. The van der Waals surface area contributed by atoms with Gasteiger partial charge in [0.1, 0.15) is 12.1 Å². The smallest absolute Gasteiger partial charge is 0.258 e. The summed E-state index contributed by atoms with van der Waals surface area (Å²) in [5, 5.41) is 0.635. The van der Waals surface area contributed by atoms with Gasteiger partial charge in [-0.3, -0.25) is 9.69 Å². The molecule has 2 aromatic heterocycles. The van der Waals surface area contributed by atoms with E-state index in [1.54, 1.807) is 18.5 Å². The zero-order valence-electron chi connectivity index (χ0n) is 13.6. The fourth-order valence-corrected chi connectivity index (χ4v) is 3.45. The minimum absolute atomic E-state index is 0.0721. The van der Waals surface area contributed by atoms with Crippen molar-refractivity contribution in [2.45, 2.75) is 31.7 Å². The van der Waals surface area contributed by atoms with Crippen LogP contribution < -0.4 is 5.56 Å². The molecule has 1 aliphatic heterocycles. The van der Waals surface area contributed by atoms with Crippen molar-refractivity contribution in [3.05, 3.63) is 58.8 Å². The third-order valence-corrected chi connectivity index (χ3v) is 4.90. The summed E-state index contributed by atoms with van der Waals surface area (Å²) >= 11 is 0. The molecule has 24 heavy (non-hydrogen) atoms. The van der Waals surface area contributed by atoms with Gasteiger partial charge in [-0.15, -0.1) is 0 Å². The zero-order chi connectivity index (χ0) is 16.5. The van der Waals surface area contributed by atoms with Crippen molar-refractivity contribution in [2.75, 3.05) is 13.1 Å². The predicted molar refractivity (Wildman–Crippen MR) is 90.8 cm³/mol. The molecule has 0 saturated carbocycles. The van der Waals surface area contributed by atoms with Crippen LogP contribution in [-0.2, 0) is 0 Å². The number of hydrogen-bond donors (Lipinski definition) is 1. The van der Waals surface area contributed by atoms with Crippen LogP contribution in [0.5, 0.6) is 0 Å². The number of nitrogens with zero attached hydrogens (tertiary/aromatic N) is 3. The van der Waals surface area contributed by atoms with Gasteiger partial charge < -0.3 is 9.40 Å². The molecule has 6 heteroatoms. The number of aromatic nitrogens is 3. The van der Waals surface area contributed by atoms with E-state index in [1.807, 2.05) is 18.2 Å². The standard InChI is InChI=1S/C18H20N4O2/c1-12(16-20-15-5-3-2-4-14(15)17(23)21-16)22-9-6-13(7-10-22)18-19-8-11-24-18/h2-5,8,11-13H,6-7,9-10H2,1H3,(H,20,21,23)/t12-/m0/s1. The largest absolute Gasteiger partial charge is 0.449 e. The lowest BCUT2D eigenvalue weighted by atomic mass is 9.95. The lowest BCUT2D eigenvalue weighted by Gasteiger charge is -2.34. The van der Waals surface area contributed by atoms with E-state index in [9.17, 15) is 4.79 Å². The molecule has 4 rings (SSSR count). The van der Waals surface area contributed by atoms with Crippen LogP contribution in [0, 0.1) is 0 Å². The lowest BCUT2D eigenvalue weighted by molar-refractivity contribution is 0.149. The average Bonchev–Trinajstić information content (AvgIpc) is 3.16. The number of likely N-dealkylation sites (tertiary alicyclic amines) is 1. The number of para-hydroxylation sites is 1. The SMILES string of the molecule is C[C@@H](c1nc2ccccc2c(=O)[nH]1)N1CCC(c2ncco2)CC1. The van der Waals surface area contributed by atoms with Crippen LogP contribution in [0.4, 0.5) is 0 Å². The second-order valence-electron chi connectivity index (χ2n) is 6.32. The quantitative estimate of drug-likeness (QED) is 0.802. The summed E-state index contributed by atoms with van der Waals surface area (Å²) in [6.45, 7) is 3.97. The number of nitrogens with one attached hydrogen (secondary N) is 1. The van der Waals surface area contributed by atoms with Crippen LogP contribution in [0.2, 0.25) is 0 Å². The Kier molecular flexibility index (Phi) is 3.90. The van der Waals surface area contributed by atoms with Gasteiger partial charge >= 0.3 is 0 Å². The van der Waals surface area contributed by atoms with Crippen molar-refractivity contribution >= 4 is 10.9 Å². The van der Waals surface area contributed by atoms with Gasteiger partial charge in [-0.05, 0) is 45.0 Å². The molecule has 124 valence electrons. The lowest BCUT2D eigenvalue weighted by Crippen LogP contribution is -2.36. The summed E-state index contributed by atoms with van der Waals surface area (Å²) in [7, 11) is 0. The Balaban J connectivity index is 1.52. The van der Waals surface area contributed by atoms with Gasteiger partial charge in [0, 0.05) is 5.92 Å². The van der Waals surface area contributed by atoms with E-state index < -0.39 is 0 Å². The fourth-order valence-electron chi connectivity index (χ4n) is 3.45. The monoisotopic (exact) mass is 324 g/mol.